The van der Waals surface area contributed by atoms with Crippen molar-refractivity contribution < 1.29 is 44.7 Å². The standard InChI is InChI=1S/C38H37F5N4O5S/c1-45(2)37(48)28-16-15-27(19-30(28)52-22-23-9-5-3-6-10-23)46(21-26-14-13-25(20-44-26)24-11-7-4-8-12-24)38(49)29-17-18-47(29)53(50,51)36-34(42)32(40)31(39)33(41)35(36)43/h3,5-6,9-10,13-16,19-20,24,29H,4,7-8,11-12,17-18,21-22H2,1-2H3/t29-/m1/s1. The highest BCUT2D eigenvalue weighted by Gasteiger charge is 2.48. The number of hydrogen-bond donors (Lipinski definition) is 0. The van der Waals surface area contributed by atoms with Crippen molar-refractivity contribution in [3.63, 3.8) is 0 Å². The maximum atomic E-state index is 14.7. The molecular formula is C38H37F5N4O5S. The minimum absolute atomic E-state index is 0.0622. The number of ether oxygens (including phenoxy) is 1. The van der Waals surface area contributed by atoms with Crippen LogP contribution in [0.5, 0.6) is 5.75 Å². The molecule has 1 saturated carbocycles. The number of aromatic nitrogens is 1. The van der Waals surface area contributed by atoms with Gasteiger partial charge in [0.15, 0.2) is 28.2 Å². The number of hydrogen-bond acceptors (Lipinski definition) is 6. The molecule has 15 heteroatoms. The van der Waals surface area contributed by atoms with Crippen LogP contribution in [-0.2, 0) is 28.0 Å². The lowest BCUT2D eigenvalue weighted by Gasteiger charge is -2.41. The summed E-state index contributed by atoms with van der Waals surface area (Å²) < 4.78 is 105. The van der Waals surface area contributed by atoms with Gasteiger partial charge in [0, 0.05) is 38.6 Å². The Hall–Kier alpha value is -4.89. The van der Waals surface area contributed by atoms with Gasteiger partial charge in [-0.3, -0.25) is 14.6 Å². The van der Waals surface area contributed by atoms with E-state index in [0.717, 1.165) is 36.8 Å². The van der Waals surface area contributed by atoms with Gasteiger partial charge in [-0.1, -0.05) is 55.7 Å². The fourth-order valence-corrected chi connectivity index (χ4v) is 8.37. The number of amides is 2. The Kier molecular flexibility index (Phi) is 11.1. The third kappa shape index (κ3) is 7.63. The Morgan fingerprint density at radius 3 is 2.09 bits per heavy atom. The molecule has 3 aromatic carbocycles. The second-order valence-corrected chi connectivity index (χ2v) is 15.1. The molecule has 2 heterocycles. The van der Waals surface area contributed by atoms with Crippen LogP contribution in [0, 0.1) is 29.1 Å². The Bertz CT molecular complexity index is 2080. The van der Waals surface area contributed by atoms with E-state index in [0.29, 0.717) is 15.9 Å². The van der Waals surface area contributed by atoms with Crippen LogP contribution < -0.4 is 9.64 Å². The predicted octanol–water partition coefficient (Wildman–Crippen LogP) is 7.10. The van der Waals surface area contributed by atoms with E-state index in [4.69, 9.17) is 4.74 Å². The van der Waals surface area contributed by atoms with Gasteiger partial charge < -0.3 is 14.5 Å². The van der Waals surface area contributed by atoms with Gasteiger partial charge in [-0.05, 0) is 54.5 Å². The third-order valence-electron chi connectivity index (χ3n) is 9.65. The molecule has 1 aliphatic heterocycles. The number of sulfonamides is 1. The molecule has 4 aromatic rings. The fourth-order valence-electron chi connectivity index (χ4n) is 6.62. The highest BCUT2D eigenvalue weighted by molar-refractivity contribution is 7.89. The van der Waals surface area contributed by atoms with Gasteiger partial charge in [-0.25, -0.2) is 30.4 Å². The van der Waals surface area contributed by atoms with E-state index in [9.17, 15) is 40.0 Å². The number of pyridine rings is 1. The maximum absolute atomic E-state index is 14.7. The van der Waals surface area contributed by atoms with E-state index in [1.54, 1.807) is 26.4 Å². The van der Waals surface area contributed by atoms with Gasteiger partial charge in [0.1, 0.15) is 18.4 Å². The van der Waals surface area contributed by atoms with E-state index in [1.165, 1.54) is 34.4 Å². The molecule has 1 atom stereocenters. The van der Waals surface area contributed by atoms with Crippen molar-refractivity contribution >= 4 is 27.5 Å². The summed E-state index contributed by atoms with van der Waals surface area (Å²) in [5.41, 5.74) is 2.61. The number of carbonyl (C=O) groups excluding carboxylic acids is 2. The average Bonchev–Trinajstić information content (AvgIpc) is 3.14. The van der Waals surface area contributed by atoms with Crippen molar-refractivity contribution in [2.45, 2.75) is 68.5 Å². The first-order chi connectivity index (χ1) is 25.3. The second-order valence-electron chi connectivity index (χ2n) is 13.3. The first kappa shape index (κ1) is 37.9. The zero-order valence-electron chi connectivity index (χ0n) is 29.0. The summed E-state index contributed by atoms with van der Waals surface area (Å²) in [7, 11) is -2.28. The minimum atomic E-state index is -5.40. The molecule has 280 valence electrons. The van der Waals surface area contributed by atoms with E-state index in [2.05, 4.69) is 4.98 Å². The molecule has 0 bridgehead atoms. The van der Waals surface area contributed by atoms with E-state index in [-0.39, 0.29) is 36.6 Å². The predicted molar refractivity (Wildman–Crippen MR) is 185 cm³/mol. The second kappa shape index (κ2) is 15.6. The fraction of sp³-hybridized carbons (Fsp3) is 0.342. The van der Waals surface area contributed by atoms with Crippen molar-refractivity contribution in [1.29, 1.82) is 0 Å². The van der Waals surface area contributed by atoms with Crippen LogP contribution in [0.1, 0.15) is 71.6 Å². The third-order valence-corrected chi connectivity index (χ3v) is 11.6. The maximum Gasteiger partial charge on any atom is 0.257 e. The lowest BCUT2D eigenvalue weighted by Crippen LogP contribution is -2.59. The molecule has 0 N–H and O–H groups in total. The van der Waals surface area contributed by atoms with Crippen LogP contribution in [0.4, 0.5) is 27.6 Å². The van der Waals surface area contributed by atoms with Crippen LogP contribution in [0.2, 0.25) is 0 Å². The van der Waals surface area contributed by atoms with E-state index >= 15 is 0 Å². The summed E-state index contributed by atoms with van der Waals surface area (Å²) in [6.07, 6.45) is 7.09. The van der Waals surface area contributed by atoms with Crippen LogP contribution in [-0.4, -0.2) is 61.1 Å². The molecule has 2 amide bonds. The van der Waals surface area contributed by atoms with Crippen molar-refractivity contribution in [3.05, 3.63) is 118 Å². The molecular weight excluding hydrogens is 719 g/mol. The summed E-state index contributed by atoms with van der Waals surface area (Å²) in [5, 5.41) is 0. The minimum Gasteiger partial charge on any atom is -0.488 e. The molecule has 0 unspecified atom stereocenters. The molecule has 9 nitrogen and oxygen atoms in total. The molecule has 6 rings (SSSR count). The van der Waals surface area contributed by atoms with Gasteiger partial charge in [-0.15, -0.1) is 0 Å². The highest BCUT2D eigenvalue weighted by Crippen LogP contribution is 2.37. The van der Waals surface area contributed by atoms with Gasteiger partial charge >= 0.3 is 0 Å². The molecule has 1 aromatic heterocycles. The van der Waals surface area contributed by atoms with Crippen molar-refractivity contribution in [3.8, 4) is 5.75 Å². The van der Waals surface area contributed by atoms with Crippen LogP contribution in [0.25, 0.3) is 0 Å². The summed E-state index contributed by atoms with van der Waals surface area (Å²) >= 11 is 0. The van der Waals surface area contributed by atoms with Gasteiger partial charge in [0.25, 0.3) is 5.91 Å². The Balaban J connectivity index is 1.38. The molecule has 53 heavy (non-hydrogen) atoms. The molecule has 0 spiro atoms. The molecule has 2 fully saturated rings. The largest absolute Gasteiger partial charge is 0.488 e. The first-order valence-corrected chi connectivity index (χ1v) is 18.6. The Morgan fingerprint density at radius 2 is 1.51 bits per heavy atom. The Morgan fingerprint density at radius 1 is 0.849 bits per heavy atom. The Labute approximate surface area is 304 Å². The van der Waals surface area contributed by atoms with Crippen molar-refractivity contribution in [1.82, 2.24) is 14.2 Å². The number of halogens is 5. The molecule has 1 saturated heterocycles. The van der Waals surface area contributed by atoms with Gasteiger partial charge in [-0.2, -0.15) is 4.31 Å². The van der Waals surface area contributed by atoms with Crippen molar-refractivity contribution in [2.24, 2.45) is 0 Å². The SMILES string of the molecule is CN(C)C(=O)c1ccc(N(Cc2ccc(C3CCCCC3)cn2)C(=O)[C@H]2CCN2S(=O)(=O)c2c(F)c(F)c(F)c(F)c2F)cc1OCc1ccccc1. The van der Waals surface area contributed by atoms with E-state index in [1.807, 2.05) is 36.4 Å². The smallest absolute Gasteiger partial charge is 0.257 e. The number of nitrogens with zero attached hydrogens (tertiary/aromatic N) is 4. The van der Waals surface area contributed by atoms with Gasteiger partial charge in [0.2, 0.25) is 21.7 Å². The number of anilines is 1. The van der Waals surface area contributed by atoms with Crippen LogP contribution in [0.15, 0.2) is 71.8 Å². The zero-order valence-corrected chi connectivity index (χ0v) is 29.8. The lowest BCUT2D eigenvalue weighted by molar-refractivity contribution is -0.125. The average molecular weight is 757 g/mol. The monoisotopic (exact) mass is 756 g/mol. The number of rotatable bonds is 11. The summed E-state index contributed by atoms with van der Waals surface area (Å²) in [4.78, 5) is 32.7. The van der Waals surface area contributed by atoms with Gasteiger partial charge in [0.05, 0.1) is 17.8 Å². The highest BCUT2D eigenvalue weighted by atomic mass is 32.2. The summed E-state index contributed by atoms with van der Waals surface area (Å²) in [5.74, 6) is -13.2. The van der Waals surface area contributed by atoms with Crippen LogP contribution in [0.3, 0.4) is 0 Å². The normalized spacial score (nSPS) is 16.5. The molecule has 0 radical (unpaired) electrons. The van der Waals surface area contributed by atoms with E-state index < -0.39 is 68.4 Å². The van der Waals surface area contributed by atoms with Crippen LogP contribution >= 0.6 is 0 Å². The number of benzene rings is 3. The summed E-state index contributed by atoms with van der Waals surface area (Å²) in [6, 6.07) is 15.6. The number of carbonyl (C=O) groups is 2. The summed E-state index contributed by atoms with van der Waals surface area (Å²) in [6.45, 7) is -0.565. The molecule has 1 aliphatic carbocycles. The van der Waals surface area contributed by atoms with Crippen molar-refractivity contribution in [2.75, 3.05) is 25.5 Å². The lowest BCUT2D eigenvalue weighted by atomic mass is 9.85. The zero-order chi connectivity index (χ0) is 38.0. The quantitative estimate of drug-likeness (QED) is 0.0920. The topological polar surface area (TPSA) is 100 Å². The molecule has 2 aliphatic rings. The first-order valence-electron chi connectivity index (χ1n) is 17.1.